The summed E-state index contributed by atoms with van der Waals surface area (Å²) in [4.78, 5) is 14.1. The smallest absolute Gasteiger partial charge is 0.321 e. The van der Waals surface area contributed by atoms with Crippen molar-refractivity contribution in [3.63, 3.8) is 0 Å². The summed E-state index contributed by atoms with van der Waals surface area (Å²) in [5.41, 5.74) is 0. The average Bonchev–Trinajstić information content (AvgIpc) is 2.87. The van der Waals surface area contributed by atoms with Gasteiger partial charge in [0.15, 0.2) is 0 Å². The largest absolute Gasteiger partial charge is 0.480 e. The van der Waals surface area contributed by atoms with E-state index in [2.05, 4.69) is 4.90 Å². The van der Waals surface area contributed by atoms with Gasteiger partial charge in [-0.25, -0.2) is 0 Å². The van der Waals surface area contributed by atoms with Crippen LogP contribution in [0.25, 0.3) is 0 Å². The van der Waals surface area contributed by atoms with Crippen LogP contribution in [0.4, 0.5) is 0 Å². The van der Waals surface area contributed by atoms with Crippen molar-refractivity contribution in [1.29, 1.82) is 0 Å². The molecule has 0 amide bonds. The summed E-state index contributed by atoms with van der Waals surface area (Å²) in [6, 6.07) is 0.379. The normalized spacial score (nSPS) is 37.8. The van der Waals surface area contributed by atoms with E-state index in [9.17, 15) is 9.90 Å². The van der Waals surface area contributed by atoms with Gasteiger partial charge in [-0.15, -0.1) is 0 Å². The number of rotatable bonds is 2. The minimum atomic E-state index is -0.559. The second-order valence-corrected chi connectivity index (χ2v) is 6.83. The lowest BCUT2D eigenvalue weighted by Gasteiger charge is -2.34. The van der Waals surface area contributed by atoms with E-state index in [1.54, 1.807) is 0 Å². The van der Waals surface area contributed by atoms with Crippen LogP contribution in [0.1, 0.15) is 64.2 Å². The topological polar surface area (TPSA) is 40.5 Å². The Morgan fingerprint density at radius 2 is 1.58 bits per heavy atom. The van der Waals surface area contributed by atoms with Crippen LogP contribution in [-0.2, 0) is 4.79 Å². The van der Waals surface area contributed by atoms with Gasteiger partial charge in [-0.2, -0.15) is 0 Å². The fourth-order valence-electron chi connectivity index (χ4n) is 4.81. The Balaban J connectivity index is 1.72. The Hall–Kier alpha value is -0.570. The van der Waals surface area contributed by atoms with E-state index in [0.717, 1.165) is 13.0 Å². The molecule has 1 heterocycles. The SMILES string of the molecule is O=C(O)C1C2CCCC2CN1C1CCCCCCC1. The Labute approximate surface area is 116 Å². The third-order valence-electron chi connectivity index (χ3n) is 5.72. The van der Waals surface area contributed by atoms with Crippen molar-refractivity contribution in [2.45, 2.75) is 76.3 Å². The van der Waals surface area contributed by atoms with E-state index in [-0.39, 0.29) is 6.04 Å². The van der Waals surface area contributed by atoms with Crippen LogP contribution in [-0.4, -0.2) is 34.6 Å². The molecule has 19 heavy (non-hydrogen) atoms. The molecule has 3 fully saturated rings. The van der Waals surface area contributed by atoms with Crippen molar-refractivity contribution in [1.82, 2.24) is 4.90 Å². The van der Waals surface area contributed by atoms with E-state index in [0.29, 0.717) is 17.9 Å². The summed E-state index contributed by atoms with van der Waals surface area (Å²) >= 11 is 0. The number of aliphatic carboxylic acids is 1. The summed E-state index contributed by atoms with van der Waals surface area (Å²) in [6.45, 7) is 1.06. The molecule has 3 unspecified atom stereocenters. The third-order valence-corrected chi connectivity index (χ3v) is 5.72. The number of likely N-dealkylation sites (tertiary alicyclic amines) is 1. The summed E-state index contributed by atoms with van der Waals surface area (Å²) in [5, 5.41) is 9.65. The minimum absolute atomic E-state index is 0.170. The quantitative estimate of drug-likeness (QED) is 0.833. The van der Waals surface area contributed by atoms with Crippen LogP contribution in [0.5, 0.6) is 0 Å². The molecular weight excluding hydrogens is 238 g/mol. The van der Waals surface area contributed by atoms with Crippen LogP contribution in [0.15, 0.2) is 0 Å². The van der Waals surface area contributed by atoms with E-state index in [1.807, 2.05) is 0 Å². The highest BCUT2D eigenvalue weighted by Crippen LogP contribution is 2.44. The lowest BCUT2D eigenvalue weighted by molar-refractivity contribution is -0.144. The number of fused-ring (bicyclic) bond motifs is 1. The molecule has 0 aromatic carbocycles. The van der Waals surface area contributed by atoms with E-state index >= 15 is 0 Å². The molecule has 3 rings (SSSR count). The van der Waals surface area contributed by atoms with Gasteiger partial charge >= 0.3 is 5.97 Å². The second-order valence-electron chi connectivity index (χ2n) is 6.83. The Bertz CT molecular complexity index is 323. The van der Waals surface area contributed by atoms with E-state index in [4.69, 9.17) is 0 Å². The van der Waals surface area contributed by atoms with Gasteiger partial charge in [0.1, 0.15) is 6.04 Å². The summed E-state index contributed by atoms with van der Waals surface area (Å²) in [6.07, 6.45) is 12.8. The molecule has 2 saturated carbocycles. The fourth-order valence-corrected chi connectivity index (χ4v) is 4.81. The number of carbonyl (C=O) groups is 1. The molecule has 108 valence electrons. The molecule has 0 aromatic rings. The molecule has 1 saturated heterocycles. The van der Waals surface area contributed by atoms with Gasteiger partial charge in [0.05, 0.1) is 0 Å². The van der Waals surface area contributed by atoms with Crippen molar-refractivity contribution in [2.24, 2.45) is 11.8 Å². The zero-order valence-corrected chi connectivity index (χ0v) is 11.9. The Kier molecular flexibility index (Phi) is 4.11. The predicted octanol–water partition coefficient (Wildman–Crippen LogP) is 3.28. The Morgan fingerprint density at radius 3 is 2.26 bits per heavy atom. The zero-order chi connectivity index (χ0) is 13.2. The van der Waals surface area contributed by atoms with Gasteiger partial charge in [-0.3, -0.25) is 9.69 Å². The maximum absolute atomic E-state index is 11.7. The first kappa shape index (κ1) is 13.4. The second kappa shape index (κ2) is 5.82. The summed E-state index contributed by atoms with van der Waals surface area (Å²) in [5.74, 6) is 0.561. The van der Waals surface area contributed by atoms with Gasteiger partial charge in [0.2, 0.25) is 0 Å². The van der Waals surface area contributed by atoms with Gasteiger partial charge in [0, 0.05) is 12.6 Å². The number of carboxylic acids is 1. The first-order valence-electron chi connectivity index (χ1n) is 8.26. The Morgan fingerprint density at radius 1 is 0.895 bits per heavy atom. The van der Waals surface area contributed by atoms with Crippen LogP contribution in [0.2, 0.25) is 0 Å². The molecule has 1 aliphatic heterocycles. The van der Waals surface area contributed by atoms with Crippen LogP contribution in [0.3, 0.4) is 0 Å². The molecule has 3 nitrogen and oxygen atoms in total. The molecule has 3 atom stereocenters. The van der Waals surface area contributed by atoms with Crippen molar-refractivity contribution in [3.05, 3.63) is 0 Å². The third kappa shape index (κ3) is 2.67. The number of hydrogen-bond donors (Lipinski definition) is 1. The molecular formula is C16H27NO2. The van der Waals surface area contributed by atoms with Crippen LogP contribution >= 0.6 is 0 Å². The maximum atomic E-state index is 11.7. The lowest BCUT2D eigenvalue weighted by Crippen LogP contribution is -2.45. The summed E-state index contributed by atoms with van der Waals surface area (Å²) < 4.78 is 0. The molecule has 0 aromatic heterocycles. The highest BCUT2D eigenvalue weighted by Gasteiger charge is 2.49. The first-order valence-corrected chi connectivity index (χ1v) is 8.26. The van der Waals surface area contributed by atoms with Crippen LogP contribution in [0, 0.1) is 11.8 Å². The molecule has 0 radical (unpaired) electrons. The van der Waals surface area contributed by atoms with Gasteiger partial charge < -0.3 is 5.11 Å². The van der Waals surface area contributed by atoms with Crippen molar-refractivity contribution >= 4 is 5.97 Å². The standard InChI is InChI=1S/C16H27NO2/c18-16(19)15-14-10-6-7-12(14)11-17(15)13-8-4-2-1-3-5-9-13/h12-15H,1-11H2,(H,18,19). The molecule has 0 spiro atoms. The molecule has 1 N–H and O–H groups in total. The summed E-state index contributed by atoms with van der Waals surface area (Å²) in [7, 11) is 0. The predicted molar refractivity (Wildman–Crippen MR) is 75.1 cm³/mol. The molecule has 3 aliphatic rings. The lowest BCUT2D eigenvalue weighted by atomic mass is 9.92. The molecule has 2 aliphatic carbocycles. The van der Waals surface area contributed by atoms with Crippen molar-refractivity contribution < 1.29 is 9.90 Å². The highest BCUT2D eigenvalue weighted by molar-refractivity contribution is 5.74. The number of carboxylic acid groups (broad SMARTS) is 1. The maximum Gasteiger partial charge on any atom is 0.321 e. The van der Waals surface area contributed by atoms with Crippen molar-refractivity contribution in [2.75, 3.05) is 6.54 Å². The average molecular weight is 265 g/mol. The monoisotopic (exact) mass is 265 g/mol. The van der Waals surface area contributed by atoms with E-state index in [1.165, 1.54) is 57.8 Å². The highest BCUT2D eigenvalue weighted by atomic mass is 16.4. The minimum Gasteiger partial charge on any atom is -0.480 e. The van der Waals surface area contributed by atoms with Crippen molar-refractivity contribution in [3.8, 4) is 0 Å². The van der Waals surface area contributed by atoms with Gasteiger partial charge in [0.25, 0.3) is 0 Å². The molecule has 3 heteroatoms. The van der Waals surface area contributed by atoms with Crippen LogP contribution < -0.4 is 0 Å². The van der Waals surface area contributed by atoms with E-state index < -0.39 is 5.97 Å². The number of hydrogen-bond acceptors (Lipinski definition) is 2. The number of nitrogens with zero attached hydrogens (tertiary/aromatic N) is 1. The zero-order valence-electron chi connectivity index (χ0n) is 11.9. The first-order chi connectivity index (χ1) is 9.27. The molecule has 0 bridgehead atoms. The fraction of sp³-hybridized carbons (Fsp3) is 0.938. The van der Waals surface area contributed by atoms with Gasteiger partial charge in [-0.05, 0) is 37.5 Å². The van der Waals surface area contributed by atoms with Gasteiger partial charge in [-0.1, -0.05) is 38.5 Å².